The number of anilines is 1. The van der Waals surface area contributed by atoms with Gasteiger partial charge in [-0.3, -0.25) is 0 Å². The van der Waals surface area contributed by atoms with E-state index in [0.717, 1.165) is 5.56 Å². The summed E-state index contributed by atoms with van der Waals surface area (Å²) in [4.78, 5) is 7.92. The maximum Gasteiger partial charge on any atom is 0.218 e. The van der Waals surface area contributed by atoms with Gasteiger partial charge in [0, 0.05) is 24.5 Å². The van der Waals surface area contributed by atoms with E-state index >= 15 is 0 Å². The second kappa shape index (κ2) is 5.64. The number of pyridine rings is 2. The second-order valence-corrected chi connectivity index (χ2v) is 3.95. The maximum atomic E-state index is 13.5. The Morgan fingerprint density at radius 3 is 3.00 bits per heavy atom. The van der Waals surface area contributed by atoms with E-state index in [1.165, 1.54) is 19.4 Å². The molecule has 0 amide bonds. The van der Waals surface area contributed by atoms with Crippen molar-refractivity contribution in [1.29, 1.82) is 0 Å². The lowest BCUT2D eigenvalue weighted by atomic mass is 10.2. The number of methoxy groups -OCH3 is 1. The first-order valence-corrected chi connectivity index (χ1v) is 5.61. The number of ether oxygens (including phenoxy) is 1. The van der Waals surface area contributed by atoms with Crippen LogP contribution in [-0.4, -0.2) is 17.1 Å². The summed E-state index contributed by atoms with van der Waals surface area (Å²) in [6.45, 7) is 0.364. The molecule has 0 saturated heterocycles. The summed E-state index contributed by atoms with van der Waals surface area (Å²) in [5.74, 6) is 0.148. The molecule has 2 aromatic rings. The van der Waals surface area contributed by atoms with Gasteiger partial charge < -0.3 is 10.1 Å². The maximum absolute atomic E-state index is 13.5. The first kappa shape index (κ1) is 12.6. The van der Waals surface area contributed by atoms with Gasteiger partial charge in [0.1, 0.15) is 0 Å². The van der Waals surface area contributed by atoms with Gasteiger partial charge in [0.15, 0.2) is 11.6 Å². The Morgan fingerprint density at radius 1 is 1.44 bits per heavy atom. The van der Waals surface area contributed by atoms with Crippen LogP contribution in [0.5, 0.6) is 5.88 Å². The molecule has 0 radical (unpaired) electrons. The van der Waals surface area contributed by atoms with Gasteiger partial charge in [-0.05, 0) is 12.1 Å². The molecule has 0 fully saturated rings. The summed E-state index contributed by atoms with van der Waals surface area (Å²) >= 11 is 5.62. The zero-order valence-electron chi connectivity index (χ0n) is 9.65. The Hall–Kier alpha value is -1.88. The number of aromatic nitrogens is 2. The van der Waals surface area contributed by atoms with Crippen LogP contribution >= 0.6 is 11.6 Å². The molecule has 2 heterocycles. The Labute approximate surface area is 109 Å². The molecule has 4 nitrogen and oxygen atoms in total. The lowest BCUT2D eigenvalue weighted by Gasteiger charge is -2.09. The minimum Gasteiger partial charge on any atom is -0.481 e. The van der Waals surface area contributed by atoms with Crippen molar-refractivity contribution in [2.45, 2.75) is 6.54 Å². The minimum absolute atomic E-state index is 0.144. The highest BCUT2D eigenvalue weighted by Gasteiger charge is 2.07. The van der Waals surface area contributed by atoms with Crippen LogP contribution in [0.15, 0.2) is 30.6 Å². The van der Waals surface area contributed by atoms with Crippen molar-refractivity contribution in [3.05, 3.63) is 47.0 Å². The van der Waals surface area contributed by atoms with Crippen molar-refractivity contribution in [2.24, 2.45) is 0 Å². The highest BCUT2D eigenvalue weighted by molar-refractivity contribution is 6.30. The number of rotatable bonds is 4. The molecule has 0 aliphatic carbocycles. The first-order chi connectivity index (χ1) is 8.70. The number of hydrogen-bond acceptors (Lipinski definition) is 4. The molecule has 1 N–H and O–H groups in total. The molecule has 0 unspecified atom stereocenters. The Kier molecular flexibility index (Phi) is 3.94. The summed E-state index contributed by atoms with van der Waals surface area (Å²) < 4.78 is 18.6. The molecule has 0 spiro atoms. The van der Waals surface area contributed by atoms with Crippen LogP contribution in [0.2, 0.25) is 5.02 Å². The third-order valence-electron chi connectivity index (χ3n) is 2.30. The molecule has 94 valence electrons. The summed E-state index contributed by atoms with van der Waals surface area (Å²) in [6, 6.07) is 4.83. The van der Waals surface area contributed by atoms with E-state index in [9.17, 15) is 4.39 Å². The summed E-state index contributed by atoms with van der Waals surface area (Å²) in [5.41, 5.74) is 0.816. The number of nitrogens with one attached hydrogen (secondary N) is 1. The number of nitrogens with zero attached hydrogens (tertiary/aromatic N) is 2. The molecular weight excluding hydrogens is 257 g/mol. The summed E-state index contributed by atoms with van der Waals surface area (Å²) in [7, 11) is 1.53. The topological polar surface area (TPSA) is 47.0 Å². The van der Waals surface area contributed by atoms with Crippen LogP contribution in [0.3, 0.4) is 0 Å². The molecule has 2 rings (SSSR count). The van der Waals surface area contributed by atoms with Gasteiger partial charge in [0.05, 0.1) is 12.1 Å². The predicted molar refractivity (Wildman–Crippen MR) is 67.3 cm³/mol. The van der Waals surface area contributed by atoms with Crippen molar-refractivity contribution in [2.75, 3.05) is 12.4 Å². The highest BCUT2D eigenvalue weighted by atomic mass is 35.5. The first-order valence-electron chi connectivity index (χ1n) is 5.23. The van der Waals surface area contributed by atoms with Gasteiger partial charge in [-0.25, -0.2) is 14.4 Å². The largest absolute Gasteiger partial charge is 0.481 e. The van der Waals surface area contributed by atoms with E-state index in [0.29, 0.717) is 12.4 Å². The van der Waals surface area contributed by atoms with Crippen LogP contribution in [0, 0.1) is 5.82 Å². The molecule has 0 saturated carbocycles. The zero-order valence-corrected chi connectivity index (χ0v) is 10.4. The fourth-order valence-corrected chi connectivity index (χ4v) is 1.61. The number of halogens is 2. The van der Waals surface area contributed by atoms with Gasteiger partial charge in [0.25, 0.3) is 0 Å². The molecule has 6 heteroatoms. The normalized spacial score (nSPS) is 10.2. The minimum atomic E-state index is -0.495. The molecule has 0 aliphatic rings. The molecule has 18 heavy (non-hydrogen) atoms. The van der Waals surface area contributed by atoms with Crippen LogP contribution in [0.25, 0.3) is 0 Å². The smallest absolute Gasteiger partial charge is 0.218 e. The van der Waals surface area contributed by atoms with Crippen molar-refractivity contribution in [1.82, 2.24) is 9.97 Å². The van der Waals surface area contributed by atoms with Crippen molar-refractivity contribution < 1.29 is 9.13 Å². The van der Waals surface area contributed by atoms with Crippen LogP contribution in [-0.2, 0) is 6.54 Å². The molecule has 0 aromatic carbocycles. The van der Waals surface area contributed by atoms with E-state index in [1.54, 1.807) is 12.3 Å². The molecule has 0 aliphatic heterocycles. The lowest BCUT2D eigenvalue weighted by Crippen LogP contribution is -2.05. The van der Waals surface area contributed by atoms with Crippen molar-refractivity contribution >= 4 is 17.4 Å². The Balaban J connectivity index is 2.11. The monoisotopic (exact) mass is 267 g/mol. The van der Waals surface area contributed by atoms with E-state index in [-0.39, 0.29) is 10.8 Å². The SMILES string of the molecule is COc1ncccc1CNc1ncc(Cl)cc1F. The summed E-state index contributed by atoms with van der Waals surface area (Å²) in [5, 5.41) is 3.13. The summed E-state index contributed by atoms with van der Waals surface area (Å²) in [6.07, 6.45) is 3.01. The van der Waals surface area contributed by atoms with Gasteiger partial charge >= 0.3 is 0 Å². The zero-order chi connectivity index (χ0) is 13.0. The van der Waals surface area contributed by atoms with Crippen LogP contribution in [0.4, 0.5) is 10.2 Å². The molecule has 0 bridgehead atoms. The van der Waals surface area contributed by atoms with Gasteiger partial charge in [0.2, 0.25) is 5.88 Å². The van der Waals surface area contributed by atoms with Crippen LogP contribution in [0.1, 0.15) is 5.56 Å². The fraction of sp³-hybridized carbons (Fsp3) is 0.167. The van der Waals surface area contributed by atoms with Gasteiger partial charge in [-0.1, -0.05) is 17.7 Å². The van der Waals surface area contributed by atoms with Crippen molar-refractivity contribution in [3.8, 4) is 5.88 Å². The molecule has 0 atom stereocenters. The van der Waals surface area contributed by atoms with E-state index in [4.69, 9.17) is 16.3 Å². The fourth-order valence-electron chi connectivity index (χ4n) is 1.47. The number of hydrogen-bond donors (Lipinski definition) is 1. The lowest BCUT2D eigenvalue weighted by molar-refractivity contribution is 0.393. The third kappa shape index (κ3) is 2.87. The van der Waals surface area contributed by atoms with Gasteiger partial charge in [-0.15, -0.1) is 0 Å². The highest BCUT2D eigenvalue weighted by Crippen LogP contribution is 2.18. The second-order valence-electron chi connectivity index (χ2n) is 3.51. The Morgan fingerprint density at radius 2 is 2.28 bits per heavy atom. The Bertz CT molecular complexity index is 551. The van der Waals surface area contributed by atoms with E-state index in [1.807, 2.05) is 6.07 Å². The molecular formula is C12H11ClFN3O. The van der Waals surface area contributed by atoms with E-state index < -0.39 is 5.82 Å². The average molecular weight is 268 g/mol. The standard InChI is InChI=1S/C12H11ClFN3O/c1-18-12-8(3-2-4-15-12)6-16-11-10(14)5-9(13)7-17-11/h2-5,7H,6H2,1H3,(H,16,17). The predicted octanol–water partition coefficient (Wildman–Crippen LogP) is 2.89. The van der Waals surface area contributed by atoms with Crippen molar-refractivity contribution in [3.63, 3.8) is 0 Å². The van der Waals surface area contributed by atoms with E-state index in [2.05, 4.69) is 15.3 Å². The van der Waals surface area contributed by atoms with Gasteiger partial charge in [-0.2, -0.15) is 0 Å². The average Bonchev–Trinajstić information content (AvgIpc) is 2.38. The molecule has 2 aromatic heterocycles. The van der Waals surface area contributed by atoms with Crippen LogP contribution < -0.4 is 10.1 Å². The third-order valence-corrected chi connectivity index (χ3v) is 2.50. The quantitative estimate of drug-likeness (QED) is 0.925.